The van der Waals surface area contributed by atoms with Crippen molar-refractivity contribution in [3.63, 3.8) is 0 Å². The number of aryl methyl sites for hydroxylation is 1. The van der Waals surface area contributed by atoms with Gasteiger partial charge in [-0.25, -0.2) is 4.98 Å². The molecule has 1 atom stereocenters. The summed E-state index contributed by atoms with van der Waals surface area (Å²) in [6.07, 6.45) is 3.36. The van der Waals surface area contributed by atoms with E-state index >= 15 is 0 Å². The first kappa shape index (κ1) is 15.1. The van der Waals surface area contributed by atoms with Gasteiger partial charge in [0.15, 0.2) is 0 Å². The standard InChI is InChI=1S/C16H20N4OS/c1-12-18-15(11-22-12)10-20(8-13-4-2-3-7-17-13)9-14-5-6-16(21)19-14/h2-4,7,11,14H,5-6,8-10H2,1H3,(H,19,21)/t14-/m0/s1. The number of carbonyl (C=O) groups is 1. The molecule has 0 bridgehead atoms. The SMILES string of the molecule is Cc1nc(CN(Cc2ccccn2)C[C@@H]2CCC(=O)N2)cs1. The van der Waals surface area contributed by atoms with Crippen LogP contribution in [-0.2, 0) is 17.9 Å². The summed E-state index contributed by atoms with van der Waals surface area (Å²) in [7, 11) is 0. The van der Waals surface area contributed by atoms with Crippen LogP contribution in [0.3, 0.4) is 0 Å². The number of carbonyl (C=O) groups excluding carboxylic acids is 1. The molecule has 6 heteroatoms. The number of nitrogens with one attached hydrogen (secondary N) is 1. The van der Waals surface area contributed by atoms with Gasteiger partial charge in [-0.2, -0.15) is 0 Å². The van der Waals surface area contributed by atoms with E-state index < -0.39 is 0 Å². The molecular formula is C16H20N4OS. The van der Waals surface area contributed by atoms with Crippen molar-refractivity contribution >= 4 is 17.2 Å². The van der Waals surface area contributed by atoms with Gasteiger partial charge in [0.05, 0.1) is 16.4 Å². The second kappa shape index (κ2) is 6.98. The van der Waals surface area contributed by atoms with E-state index in [9.17, 15) is 4.79 Å². The van der Waals surface area contributed by atoms with Crippen LogP contribution in [0.1, 0.15) is 29.2 Å². The Kier molecular flexibility index (Phi) is 4.80. The number of amides is 1. The van der Waals surface area contributed by atoms with E-state index in [1.165, 1.54) is 0 Å². The number of rotatable bonds is 6. The molecule has 1 aliphatic rings. The molecule has 0 saturated carbocycles. The minimum atomic E-state index is 0.160. The molecule has 3 heterocycles. The summed E-state index contributed by atoms with van der Waals surface area (Å²) in [5.74, 6) is 0.160. The van der Waals surface area contributed by atoms with Gasteiger partial charge in [0.1, 0.15) is 0 Å². The molecule has 0 radical (unpaired) electrons. The summed E-state index contributed by atoms with van der Waals surface area (Å²) >= 11 is 1.67. The molecule has 1 amide bonds. The fourth-order valence-corrected chi connectivity index (χ4v) is 3.35. The number of hydrogen-bond donors (Lipinski definition) is 1. The zero-order valence-electron chi connectivity index (χ0n) is 12.7. The molecule has 1 aliphatic heterocycles. The fourth-order valence-electron chi connectivity index (χ4n) is 2.74. The first-order valence-corrected chi connectivity index (χ1v) is 8.39. The molecule has 0 aromatic carbocycles. The van der Waals surface area contributed by atoms with E-state index in [0.29, 0.717) is 6.42 Å². The maximum absolute atomic E-state index is 11.4. The highest BCUT2D eigenvalue weighted by atomic mass is 32.1. The van der Waals surface area contributed by atoms with Crippen molar-refractivity contribution in [2.45, 2.75) is 38.9 Å². The van der Waals surface area contributed by atoms with Crippen molar-refractivity contribution in [3.05, 3.63) is 46.2 Å². The monoisotopic (exact) mass is 316 g/mol. The van der Waals surface area contributed by atoms with Crippen LogP contribution in [0.15, 0.2) is 29.8 Å². The van der Waals surface area contributed by atoms with Crippen molar-refractivity contribution < 1.29 is 4.79 Å². The lowest BCUT2D eigenvalue weighted by atomic mass is 10.2. The number of pyridine rings is 1. The Morgan fingerprint density at radius 1 is 1.36 bits per heavy atom. The number of thiazole rings is 1. The Morgan fingerprint density at radius 2 is 2.23 bits per heavy atom. The molecule has 1 fully saturated rings. The highest BCUT2D eigenvalue weighted by Gasteiger charge is 2.23. The van der Waals surface area contributed by atoms with Gasteiger partial charge >= 0.3 is 0 Å². The summed E-state index contributed by atoms with van der Waals surface area (Å²) in [6, 6.07) is 6.20. The van der Waals surface area contributed by atoms with Crippen LogP contribution >= 0.6 is 11.3 Å². The maximum Gasteiger partial charge on any atom is 0.220 e. The average Bonchev–Trinajstić information content (AvgIpc) is 3.09. The van der Waals surface area contributed by atoms with Crippen LogP contribution in [0.2, 0.25) is 0 Å². The molecule has 116 valence electrons. The molecule has 3 rings (SSSR count). The van der Waals surface area contributed by atoms with Crippen LogP contribution in [0.5, 0.6) is 0 Å². The second-order valence-corrected chi connectivity index (χ2v) is 6.71. The van der Waals surface area contributed by atoms with E-state index in [4.69, 9.17) is 0 Å². The summed E-state index contributed by atoms with van der Waals surface area (Å²) in [5, 5.41) is 6.23. The van der Waals surface area contributed by atoms with E-state index in [1.54, 1.807) is 11.3 Å². The second-order valence-electron chi connectivity index (χ2n) is 5.65. The van der Waals surface area contributed by atoms with Crippen molar-refractivity contribution in [1.82, 2.24) is 20.2 Å². The van der Waals surface area contributed by atoms with Gasteiger partial charge in [-0.1, -0.05) is 6.07 Å². The van der Waals surface area contributed by atoms with E-state index in [-0.39, 0.29) is 11.9 Å². The molecule has 2 aromatic rings. The molecule has 22 heavy (non-hydrogen) atoms. The Bertz CT molecular complexity index is 628. The van der Waals surface area contributed by atoms with Crippen LogP contribution in [0.25, 0.3) is 0 Å². The van der Waals surface area contributed by atoms with Gasteiger partial charge < -0.3 is 5.32 Å². The molecular weight excluding hydrogens is 296 g/mol. The lowest BCUT2D eigenvalue weighted by Gasteiger charge is -2.24. The lowest BCUT2D eigenvalue weighted by Crippen LogP contribution is -2.38. The van der Waals surface area contributed by atoms with Gasteiger partial charge in [-0.05, 0) is 25.5 Å². The Hall–Kier alpha value is -1.79. The van der Waals surface area contributed by atoms with Gasteiger partial charge in [-0.15, -0.1) is 11.3 Å². The van der Waals surface area contributed by atoms with Crippen LogP contribution < -0.4 is 5.32 Å². The molecule has 2 aromatic heterocycles. The van der Waals surface area contributed by atoms with Gasteiger partial charge in [0.2, 0.25) is 5.91 Å². The number of nitrogens with zero attached hydrogens (tertiary/aromatic N) is 3. The smallest absolute Gasteiger partial charge is 0.220 e. The molecule has 1 saturated heterocycles. The minimum absolute atomic E-state index is 0.160. The quantitative estimate of drug-likeness (QED) is 0.887. The van der Waals surface area contributed by atoms with Crippen molar-refractivity contribution in [2.24, 2.45) is 0 Å². The first-order valence-electron chi connectivity index (χ1n) is 7.51. The zero-order valence-corrected chi connectivity index (χ0v) is 13.5. The topological polar surface area (TPSA) is 58.1 Å². The Balaban J connectivity index is 1.68. The van der Waals surface area contributed by atoms with Gasteiger partial charge in [-0.3, -0.25) is 14.7 Å². The third-order valence-corrected chi connectivity index (χ3v) is 4.55. The van der Waals surface area contributed by atoms with E-state index in [0.717, 1.165) is 42.5 Å². The first-order chi connectivity index (χ1) is 10.7. The molecule has 1 N–H and O–H groups in total. The summed E-state index contributed by atoms with van der Waals surface area (Å²) in [6.45, 7) is 4.41. The predicted octanol–water partition coefficient (Wildman–Crippen LogP) is 2.13. The highest BCUT2D eigenvalue weighted by molar-refractivity contribution is 7.09. The zero-order chi connectivity index (χ0) is 15.4. The van der Waals surface area contributed by atoms with Crippen molar-refractivity contribution in [1.29, 1.82) is 0 Å². The normalized spacial score (nSPS) is 17.9. The van der Waals surface area contributed by atoms with Gasteiger partial charge in [0, 0.05) is 43.7 Å². The van der Waals surface area contributed by atoms with Gasteiger partial charge in [0.25, 0.3) is 0 Å². The minimum Gasteiger partial charge on any atom is -0.352 e. The van der Waals surface area contributed by atoms with Crippen LogP contribution in [0.4, 0.5) is 0 Å². The molecule has 0 spiro atoms. The van der Waals surface area contributed by atoms with E-state index in [2.05, 4.69) is 25.6 Å². The summed E-state index contributed by atoms with van der Waals surface area (Å²) < 4.78 is 0. The lowest BCUT2D eigenvalue weighted by molar-refractivity contribution is -0.119. The van der Waals surface area contributed by atoms with Crippen LogP contribution in [-0.4, -0.2) is 33.4 Å². The van der Waals surface area contributed by atoms with E-state index in [1.807, 2.05) is 31.3 Å². The number of aromatic nitrogens is 2. The van der Waals surface area contributed by atoms with Crippen molar-refractivity contribution in [2.75, 3.05) is 6.54 Å². The predicted molar refractivity (Wildman–Crippen MR) is 86.4 cm³/mol. The highest BCUT2D eigenvalue weighted by Crippen LogP contribution is 2.15. The summed E-state index contributed by atoms with van der Waals surface area (Å²) in [4.78, 5) is 22.7. The molecule has 0 aliphatic carbocycles. The Morgan fingerprint density at radius 3 is 2.86 bits per heavy atom. The van der Waals surface area contributed by atoms with Crippen LogP contribution in [0, 0.1) is 6.92 Å². The Labute approximate surface area is 134 Å². The molecule has 0 unspecified atom stereocenters. The summed E-state index contributed by atoms with van der Waals surface area (Å²) in [5.41, 5.74) is 2.13. The molecule has 5 nitrogen and oxygen atoms in total. The fraction of sp³-hybridized carbons (Fsp3) is 0.438. The van der Waals surface area contributed by atoms with Crippen molar-refractivity contribution in [3.8, 4) is 0 Å². The maximum atomic E-state index is 11.4. The third-order valence-electron chi connectivity index (χ3n) is 3.73. The average molecular weight is 316 g/mol. The number of hydrogen-bond acceptors (Lipinski definition) is 5. The third kappa shape index (κ3) is 4.11. The largest absolute Gasteiger partial charge is 0.352 e.